The highest BCUT2D eigenvalue weighted by Crippen LogP contribution is 2.37. The van der Waals surface area contributed by atoms with Gasteiger partial charge in [0.2, 0.25) is 0 Å². The maximum absolute atomic E-state index is 12.6. The fourth-order valence-corrected chi connectivity index (χ4v) is 4.92. The molecule has 38 heavy (non-hydrogen) atoms. The number of nitrogen functional groups attached to an aromatic ring is 1. The zero-order valence-electron chi connectivity index (χ0n) is 21.6. The van der Waals surface area contributed by atoms with E-state index in [2.05, 4.69) is 10.4 Å². The Kier molecular flexibility index (Phi) is 8.30. The summed E-state index contributed by atoms with van der Waals surface area (Å²) in [5.74, 6) is -0.679. The van der Waals surface area contributed by atoms with Crippen molar-refractivity contribution in [1.82, 2.24) is 15.1 Å². The largest absolute Gasteiger partial charge is 0.496 e. The Morgan fingerprint density at radius 2 is 1.84 bits per heavy atom. The van der Waals surface area contributed by atoms with Crippen LogP contribution in [0.4, 0.5) is 5.82 Å². The first-order valence-corrected chi connectivity index (χ1v) is 12.7. The summed E-state index contributed by atoms with van der Waals surface area (Å²) in [5, 5.41) is 7.57. The number of nitrogens with zero attached hydrogens (tertiary/aromatic N) is 2. The van der Waals surface area contributed by atoms with Crippen molar-refractivity contribution in [3.63, 3.8) is 0 Å². The van der Waals surface area contributed by atoms with Gasteiger partial charge in [0, 0.05) is 12.1 Å². The van der Waals surface area contributed by atoms with Crippen LogP contribution in [0.5, 0.6) is 5.75 Å². The molecule has 0 radical (unpaired) electrons. The molecule has 1 aliphatic rings. The number of benzene rings is 2. The predicted octanol–water partition coefficient (Wildman–Crippen LogP) is 3.46. The number of nitrogens with two attached hydrogens (primary N) is 2. The van der Waals surface area contributed by atoms with Crippen LogP contribution in [-0.4, -0.2) is 41.3 Å². The van der Waals surface area contributed by atoms with Gasteiger partial charge in [-0.3, -0.25) is 14.4 Å². The molecule has 3 aromatic rings. The Balaban J connectivity index is 1.52. The highest BCUT2D eigenvalue weighted by atomic mass is 16.5. The van der Waals surface area contributed by atoms with Gasteiger partial charge in [-0.05, 0) is 43.9 Å². The second kappa shape index (κ2) is 11.8. The summed E-state index contributed by atoms with van der Waals surface area (Å²) in [5.41, 5.74) is 14.6. The molecule has 1 aromatic heterocycles. The van der Waals surface area contributed by atoms with Crippen LogP contribution < -0.4 is 21.5 Å². The van der Waals surface area contributed by atoms with Crippen LogP contribution in [0.15, 0.2) is 48.5 Å². The third kappa shape index (κ3) is 5.64. The van der Waals surface area contributed by atoms with Gasteiger partial charge in [0.1, 0.15) is 22.8 Å². The van der Waals surface area contributed by atoms with Crippen molar-refractivity contribution in [3.8, 4) is 17.0 Å². The summed E-state index contributed by atoms with van der Waals surface area (Å²) in [6.45, 7) is 2.42. The minimum atomic E-state index is -0.672. The van der Waals surface area contributed by atoms with Gasteiger partial charge in [-0.15, -0.1) is 0 Å². The van der Waals surface area contributed by atoms with Gasteiger partial charge in [0.25, 0.3) is 11.8 Å². The van der Waals surface area contributed by atoms with E-state index < -0.39 is 5.91 Å². The maximum Gasteiger partial charge on any atom is 0.308 e. The minimum absolute atomic E-state index is 0.144. The standard InChI is InChI=1S/C28H33N5O5/c1-3-38-28(36)19-7-6-8-20(15-19)33-25(29)23(26(30)34)24(32-33)18-13-11-17(12-14-18)16-31-27(35)21-9-4-5-10-22(21)37-2/h4-5,9-14,19-20H,3,6-8,15-16,29H2,1-2H3,(H2,30,34)(H,31,35). The van der Waals surface area contributed by atoms with E-state index in [1.165, 1.54) is 7.11 Å². The van der Waals surface area contributed by atoms with Gasteiger partial charge in [0.15, 0.2) is 0 Å². The van der Waals surface area contributed by atoms with E-state index in [0.717, 1.165) is 24.8 Å². The molecule has 0 bridgehead atoms. The van der Waals surface area contributed by atoms with Crippen molar-refractivity contribution < 1.29 is 23.9 Å². The summed E-state index contributed by atoms with van der Waals surface area (Å²) in [4.78, 5) is 37.3. The molecule has 200 valence electrons. The molecule has 1 aliphatic carbocycles. The van der Waals surface area contributed by atoms with Crippen molar-refractivity contribution in [3.05, 3.63) is 65.2 Å². The van der Waals surface area contributed by atoms with Crippen molar-refractivity contribution in [1.29, 1.82) is 0 Å². The van der Waals surface area contributed by atoms with E-state index in [1.54, 1.807) is 35.9 Å². The van der Waals surface area contributed by atoms with Crippen LogP contribution in [0, 0.1) is 5.92 Å². The number of methoxy groups -OCH3 is 1. The number of carbonyl (C=O) groups is 3. The van der Waals surface area contributed by atoms with Gasteiger partial charge in [-0.2, -0.15) is 5.10 Å². The summed E-state index contributed by atoms with van der Waals surface area (Å²) in [6.07, 6.45) is 2.89. The highest BCUT2D eigenvalue weighted by Gasteiger charge is 2.32. The van der Waals surface area contributed by atoms with Crippen LogP contribution in [-0.2, 0) is 16.1 Å². The number of primary amides is 1. The summed E-state index contributed by atoms with van der Waals surface area (Å²) in [6, 6.07) is 14.2. The number of hydrogen-bond acceptors (Lipinski definition) is 7. The number of hydrogen-bond donors (Lipinski definition) is 3. The summed E-state index contributed by atoms with van der Waals surface area (Å²) in [7, 11) is 1.52. The van der Waals surface area contributed by atoms with E-state index in [-0.39, 0.29) is 35.2 Å². The lowest BCUT2D eigenvalue weighted by Crippen LogP contribution is -2.27. The lowest BCUT2D eigenvalue weighted by atomic mass is 9.86. The molecule has 0 saturated heterocycles. The highest BCUT2D eigenvalue weighted by molar-refractivity contribution is 6.03. The molecule has 10 nitrogen and oxygen atoms in total. The first kappa shape index (κ1) is 26.7. The van der Waals surface area contributed by atoms with Gasteiger partial charge in [-0.25, -0.2) is 4.68 Å². The molecular formula is C28H33N5O5. The number of nitrogens with one attached hydrogen (secondary N) is 1. The molecule has 2 amide bonds. The van der Waals surface area contributed by atoms with E-state index >= 15 is 0 Å². The monoisotopic (exact) mass is 519 g/mol. The molecule has 1 saturated carbocycles. The molecule has 2 atom stereocenters. The van der Waals surface area contributed by atoms with E-state index in [9.17, 15) is 14.4 Å². The van der Waals surface area contributed by atoms with Crippen molar-refractivity contribution >= 4 is 23.6 Å². The van der Waals surface area contributed by atoms with Gasteiger partial charge < -0.3 is 26.3 Å². The summed E-state index contributed by atoms with van der Waals surface area (Å²) >= 11 is 0. The third-order valence-corrected chi connectivity index (χ3v) is 6.84. The van der Waals surface area contributed by atoms with E-state index in [1.807, 2.05) is 24.3 Å². The Bertz CT molecular complexity index is 1320. The lowest BCUT2D eigenvalue weighted by Gasteiger charge is -2.28. The van der Waals surface area contributed by atoms with Gasteiger partial charge >= 0.3 is 5.97 Å². The number of aromatic nitrogens is 2. The number of para-hydroxylation sites is 1. The zero-order valence-corrected chi connectivity index (χ0v) is 21.6. The van der Waals surface area contributed by atoms with Gasteiger partial charge in [-0.1, -0.05) is 42.8 Å². The number of amides is 2. The maximum atomic E-state index is 12.6. The Morgan fingerprint density at radius 1 is 1.11 bits per heavy atom. The average Bonchev–Trinajstić information content (AvgIpc) is 3.29. The lowest BCUT2D eigenvalue weighted by molar-refractivity contribution is -0.149. The number of carbonyl (C=O) groups excluding carboxylic acids is 3. The smallest absolute Gasteiger partial charge is 0.308 e. The minimum Gasteiger partial charge on any atom is -0.496 e. The molecule has 1 heterocycles. The molecular weight excluding hydrogens is 486 g/mol. The second-order valence-corrected chi connectivity index (χ2v) is 9.27. The fourth-order valence-electron chi connectivity index (χ4n) is 4.92. The fraction of sp³-hybridized carbons (Fsp3) is 0.357. The SMILES string of the molecule is CCOC(=O)C1CCCC(n2nc(-c3ccc(CNC(=O)c4ccccc4OC)cc3)c(C(N)=O)c2N)C1. The molecule has 2 aromatic carbocycles. The Hall–Kier alpha value is -4.34. The summed E-state index contributed by atoms with van der Waals surface area (Å²) < 4.78 is 12.1. The second-order valence-electron chi connectivity index (χ2n) is 9.27. The molecule has 0 spiro atoms. The topological polar surface area (TPSA) is 152 Å². The van der Waals surface area contributed by atoms with Crippen molar-refractivity contribution in [2.75, 3.05) is 19.5 Å². The molecule has 5 N–H and O–H groups in total. The van der Waals surface area contributed by atoms with E-state index in [0.29, 0.717) is 42.1 Å². The van der Waals surface area contributed by atoms with Crippen molar-refractivity contribution in [2.45, 2.75) is 45.2 Å². The Labute approximate surface area is 221 Å². The predicted molar refractivity (Wildman–Crippen MR) is 142 cm³/mol. The number of anilines is 1. The molecule has 1 fully saturated rings. The first-order chi connectivity index (χ1) is 18.3. The zero-order chi connectivity index (χ0) is 27.2. The number of ether oxygens (including phenoxy) is 2. The third-order valence-electron chi connectivity index (χ3n) is 6.84. The molecule has 4 rings (SSSR count). The van der Waals surface area contributed by atoms with Gasteiger partial charge in [0.05, 0.1) is 31.2 Å². The van der Waals surface area contributed by atoms with E-state index in [4.69, 9.17) is 20.9 Å². The number of esters is 1. The first-order valence-electron chi connectivity index (χ1n) is 12.7. The van der Waals surface area contributed by atoms with Crippen LogP contribution in [0.1, 0.15) is 64.9 Å². The molecule has 10 heteroatoms. The van der Waals surface area contributed by atoms with Crippen LogP contribution in [0.2, 0.25) is 0 Å². The van der Waals surface area contributed by atoms with Crippen LogP contribution in [0.25, 0.3) is 11.3 Å². The molecule has 0 aliphatic heterocycles. The van der Waals surface area contributed by atoms with Crippen LogP contribution in [0.3, 0.4) is 0 Å². The average molecular weight is 520 g/mol. The quantitative estimate of drug-likeness (QED) is 0.366. The normalized spacial score (nSPS) is 17.0. The number of rotatable bonds is 9. The molecule has 2 unspecified atom stereocenters. The Morgan fingerprint density at radius 3 is 2.53 bits per heavy atom. The van der Waals surface area contributed by atoms with Crippen molar-refractivity contribution in [2.24, 2.45) is 11.7 Å². The van der Waals surface area contributed by atoms with Crippen LogP contribution >= 0.6 is 0 Å².